The van der Waals surface area contributed by atoms with E-state index in [0.29, 0.717) is 12.8 Å². The Morgan fingerprint density at radius 3 is 2.30 bits per heavy atom. The van der Waals surface area contributed by atoms with Gasteiger partial charge < -0.3 is 5.32 Å². The van der Waals surface area contributed by atoms with Crippen LogP contribution in [0.2, 0.25) is 0 Å². The molecule has 1 saturated carbocycles. The zero-order valence-electron chi connectivity index (χ0n) is 16.4. The third-order valence-electron chi connectivity index (χ3n) is 5.75. The van der Waals surface area contributed by atoms with E-state index in [4.69, 9.17) is 0 Å². The van der Waals surface area contributed by atoms with Crippen molar-refractivity contribution >= 4 is 29.6 Å². The summed E-state index contributed by atoms with van der Waals surface area (Å²) in [5.41, 5.74) is 6.37. The summed E-state index contributed by atoms with van der Waals surface area (Å²) in [6, 6.07) is 1.62. The fourth-order valence-corrected chi connectivity index (χ4v) is 5.00. The minimum absolute atomic E-state index is 0.147. The molecule has 27 heavy (non-hydrogen) atoms. The Morgan fingerprint density at radius 1 is 1.11 bits per heavy atom. The van der Waals surface area contributed by atoms with Crippen molar-refractivity contribution < 1.29 is 14.4 Å². The summed E-state index contributed by atoms with van der Waals surface area (Å²) in [7, 11) is 0. The Balaban J connectivity index is 1.65. The van der Waals surface area contributed by atoms with Gasteiger partial charge in [-0.1, -0.05) is 25.3 Å². The number of thioether (sulfide) groups is 1. The SMILES string of the molecule is Cc1cc(C)c(C)c(SCC(=O)NN2C(=O)NC3(CCCCC3)C2=O)c1C. The molecule has 1 aliphatic heterocycles. The van der Waals surface area contributed by atoms with Crippen LogP contribution in [0.5, 0.6) is 0 Å². The van der Waals surface area contributed by atoms with Gasteiger partial charge in [-0.05, 0) is 62.8 Å². The van der Waals surface area contributed by atoms with Crippen LogP contribution in [0.1, 0.15) is 54.4 Å². The minimum Gasteiger partial charge on any atom is -0.322 e. The van der Waals surface area contributed by atoms with Gasteiger partial charge in [-0.2, -0.15) is 5.01 Å². The highest BCUT2D eigenvalue weighted by molar-refractivity contribution is 8.00. The number of amides is 4. The highest BCUT2D eigenvalue weighted by atomic mass is 32.2. The second-order valence-corrected chi connectivity index (χ2v) is 8.61. The molecule has 2 fully saturated rings. The number of rotatable bonds is 4. The van der Waals surface area contributed by atoms with Crippen LogP contribution in [0, 0.1) is 27.7 Å². The van der Waals surface area contributed by atoms with Crippen molar-refractivity contribution in [1.29, 1.82) is 0 Å². The molecule has 146 valence electrons. The third-order valence-corrected chi connectivity index (χ3v) is 7.06. The molecule has 1 aromatic rings. The predicted octanol–water partition coefficient (Wildman–Crippen LogP) is 3.30. The Bertz CT molecular complexity index is 774. The molecule has 0 atom stereocenters. The second-order valence-electron chi connectivity index (χ2n) is 7.63. The number of nitrogens with zero attached hydrogens (tertiary/aromatic N) is 1. The van der Waals surface area contributed by atoms with E-state index >= 15 is 0 Å². The molecule has 0 radical (unpaired) electrons. The van der Waals surface area contributed by atoms with E-state index in [1.165, 1.54) is 22.9 Å². The van der Waals surface area contributed by atoms with E-state index in [0.717, 1.165) is 40.3 Å². The standard InChI is InChI=1S/C20H27N3O3S/c1-12-10-13(2)15(4)17(14(12)3)27-11-16(24)22-23-18(25)20(21-19(23)26)8-6-5-7-9-20/h10H,5-9,11H2,1-4H3,(H,21,26)(H,22,24). The van der Waals surface area contributed by atoms with Crippen molar-refractivity contribution in [3.05, 3.63) is 28.3 Å². The van der Waals surface area contributed by atoms with Crippen molar-refractivity contribution in [2.24, 2.45) is 0 Å². The fraction of sp³-hybridized carbons (Fsp3) is 0.550. The summed E-state index contributed by atoms with van der Waals surface area (Å²) in [5.74, 6) is -0.534. The van der Waals surface area contributed by atoms with Crippen molar-refractivity contribution in [3.8, 4) is 0 Å². The maximum Gasteiger partial charge on any atom is 0.344 e. The number of nitrogens with one attached hydrogen (secondary N) is 2. The maximum absolute atomic E-state index is 12.7. The van der Waals surface area contributed by atoms with Gasteiger partial charge in [-0.25, -0.2) is 4.79 Å². The van der Waals surface area contributed by atoms with Crippen LogP contribution in [-0.2, 0) is 9.59 Å². The van der Waals surface area contributed by atoms with Gasteiger partial charge in [0, 0.05) is 4.90 Å². The Labute approximate surface area is 164 Å². The molecular formula is C20H27N3O3S. The fourth-order valence-electron chi connectivity index (χ4n) is 3.91. The lowest BCUT2D eigenvalue weighted by atomic mass is 9.82. The lowest BCUT2D eigenvalue weighted by molar-refractivity contribution is -0.139. The van der Waals surface area contributed by atoms with Gasteiger partial charge in [0.25, 0.3) is 5.91 Å². The molecule has 0 bridgehead atoms. The average Bonchev–Trinajstić information content (AvgIpc) is 2.85. The summed E-state index contributed by atoms with van der Waals surface area (Å²) in [6.45, 7) is 8.21. The quantitative estimate of drug-likeness (QED) is 0.612. The number of aryl methyl sites for hydroxylation is 2. The van der Waals surface area contributed by atoms with Gasteiger partial charge in [0.15, 0.2) is 0 Å². The monoisotopic (exact) mass is 389 g/mol. The topological polar surface area (TPSA) is 78.5 Å². The van der Waals surface area contributed by atoms with Crippen LogP contribution in [0.4, 0.5) is 4.79 Å². The zero-order chi connectivity index (χ0) is 19.8. The number of imide groups is 1. The Kier molecular flexibility index (Phi) is 5.51. The molecule has 1 aliphatic carbocycles. The Morgan fingerprint density at radius 2 is 1.70 bits per heavy atom. The normalized spacial score (nSPS) is 18.7. The maximum atomic E-state index is 12.7. The molecule has 1 spiro atoms. The molecule has 6 nitrogen and oxygen atoms in total. The molecule has 1 aromatic carbocycles. The van der Waals surface area contributed by atoms with Crippen LogP contribution in [-0.4, -0.2) is 34.1 Å². The first-order chi connectivity index (χ1) is 12.7. The number of hydrogen-bond donors (Lipinski definition) is 2. The average molecular weight is 390 g/mol. The van der Waals surface area contributed by atoms with Gasteiger partial charge in [0.1, 0.15) is 5.54 Å². The van der Waals surface area contributed by atoms with Gasteiger partial charge in [0.05, 0.1) is 5.75 Å². The summed E-state index contributed by atoms with van der Waals surface area (Å²) < 4.78 is 0. The van der Waals surface area contributed by atoms with E-state index in [2.05, 4.69) is 30.7 Å². The largest absolute Gasteiger partial charge is 0.344 e. The highest BCUT2D eigenvalue weighted by Crippen LogP contribution is 2.33. The lowest BCUT2D eigenvalue weighted by Crippen LogP contribution is -2.51. The third kappa shape index (κ3) is 3.70. The molecule has 7 heteroatoms. The van der Waals surface area contributed by atoms with Crippen molar-refractivity contribution in [2.75, 3.05) is 5.75 Å². The highest BCUT2D eigenvalue weighted by Gasteiger charge is 2.52. The summed E-state index contributed by atoms with van der Waals surface area (Å²) in [5, 5.41) is 3.67. The number of carbonyl (C=O) groups is 3. The molecule has 3 rings (SSSR count). The van der Waals surface area contributed by atoms with Gasteiger partial charge in [0.2, 0.25) is 5.91 Å². The smallest absolute Gasteiger partial charge is 0.322 e. The first kappa shape index (κ1) is 19.7. The van der Waals surface area contributed by atoms with Crippen LogP contribution >= 0.6 is 11.8 Å². The first-order valence-electron chi connectivity index (χ1n) is 9.41. The van der Waals surface area contributed by atoms with Crippen LogP contribution in [0.25, 0.3) is 0 Å². The van der Waals surface area contributed by atoms with E-state index in [1.54, 1.807) is 0 Å². The predicted molar refractivity (Wildman–Crippen MR) is 105 cm³/mol. The lowest BCUT2D eigenvalue weighted by Gasteiger charge is -2.30. The van der Waals surface area contributed by atoms with E-state index < -0.39 is 11.6 Å². The molecule has 4 amide bonds. The van der Waals surface area contributed by atoms with E-state index in [-0.39, 0.29) is 17.6 Å². The van der Waals surface area contributed by atoms with Crippen molar-refractivity contribution in [3.63, 3.8) is 0 Å². The molecular weight excluding hydrogens is 362 g/mol. The molecule has 2 aliphatic rings. The summed E-state index contributed by atoms with van der Waals surface area (Å²) >= 11 is 1.44. The number of benzene rings is 1. The summed E-state index contributed by atoms with van der Waals surface area (Å²) in [6.07, 6.45) is 4.17. The molecule has 1 heterocycles. The number of hydrazine groups is 1. The van der Waals surface area contributed by atoms with Crippen molar-refractivity contribution in [2.45, 2.75) is 70.2 Å². The molecule has 0 unspecified atom stereocenters. The molecule has 2 N–H and O–H groups in total. The molecule has 1 saturated heterocycles. The van der Waals surface area contributed by atoms with Crippen LogP contribution in [0.3, 0.4) is 0 Å². The van der Waals surface area contributed by atoms with Crippen molar-refractivity contribution in [1.82, 2.24) is 15.8 Å². The Hall–Kier alpha value is -2.02. The molecule has 0 aromatic heterocycles. The van der Waals surface area contributed by atoms with Crippen LogP contribution < -0.4 is 10.7 Å². The number of hydrogen-bond acceptors (Lipinski definition) is 4. The van der Waals surface area contributed by atoms with Gasteiger partial charge >= 0.3 is 6.03 Å². The van der Waals surface area contributed by atoms with E-state index in [1.807, 2.05) is 13.8 Å². The zero-order valence-corrected chi connectivity index (χ0v) is 17.2. The second kappa shape index (κ2) is 7.54. The van der Waals surface area contributed by atoms with Gasteiger partial charge in [-0.15, -0.1) is 11.8 Å². The number of carbonyl (C=O) groups excluding carboxylic acids is 3. The first-order valence-corrected chi connectivity index (χ1v) is 10.4. The van der Waals surface area contributed by atoms with E-state index in [9.17, 15) is 14.4 Å². The van der Waals surface area contributed by atoms with Gasteiger partial charge in [-0.3, -0.25) is 15.0 Å². The summed E-state index contributed by atoms with van der Waals surface area (Å²) in [4.78, 5) is 38.5. The van der Waals surface area contributed by atoms with Crippen LogP contribution in [0.15, 0.2) is 11.0 Å². The minimum atomic E-state index is -0.823. The number of urea groups is 1.